The monoisotopic (exact) mass is 271 g/mol. The van der Waals surface area contributed by atoms with E-state index in [2.05, 4.69) is 20.4 Å². The highest BCUT2D eigenvalue weighted by Crippen LogP contribution is 2.20. The third-order valence-electron chi connectivity index (χ3n) is 3.09. The molecule has 0 saturated carbocycles. The zero-order chi connectivity index (χ0) is 13.9. The lowest BCUT2D eigenvalue weighted by molar-refractivity contribution is 0.608. The quantitative estimate of drug-likeness (QED) is 0.767. The van der Waals surface area contributed by atoms with E-state index in [-0.39, 0.29) is 5.82 Å². The van der Waals surface area contributed by atoms with Gasteiger partial charge in [0.2, 0.25) is 0 Å². The summed E-state index contributed by atoms with van der Waals surface area (Å²) in [5.74, 6) is 0.541. The molecule has 6 heteroatoms. The van der Waals surface area contributed by atoms with Crippen LogP contribution in [-0.4, -0.2) is 19.7 Å². The van der Waals surface area contributed by atoms with Gasteiger partial charge in [-0.3, -0.25) is 0 Å². The van der Waals surface area contributed by atoms with E-state index in [1.165, 1.54) is 6.07 Å². The molecular weight excluding hydrogens is 257 g/mol. The summed E-state index contributed by atoms with van der Waals surface area (Å²) in [7, 11) is 0. The molecule has 0 spiro atoms. The Morgan fingerprint density at radius 3 is 2.95 bits per heavy atom. The molecule has 0 bridgehead atoms. The minimum absolute atomic E-state index is 0.295. The molecular formula is C14H14FN5. The number of anilines is 1. The van der Waals surface area contributed by atoms with Gasteiger partial charge in [0.1, 0.15) is 17.3 Å². The van der Waals surface area contributed by atoms with E-state index in [9.17, 15) is 4.39 Å². The lowest BCUT2D eigenvalue weighted by Crippen LogP contribution is -2.04. The number of nitrogens with zero attached hydrogens (tertiary/aromatic N) is 3. The van der Waals surface area contributed by atoms with Crippen LogP contribution in [-0.2, 0) is 6.54 Å². The van der Waals surface area contributed by atoms with Gasteiger partial charge in [-0.25, -0.2) is 14.1 Å². The van der Waals surface area contributed by atoms with Crippen LogP contribution in [0.15, 0.2) is 42.9 Å². The largest absolute Gasteiger partial charge is 0.375 e. The third-order valence-corrected chi connectivity index (χ3v) is 3.09. The smallest absolute Gasteiger partial charge is 0.148 e. The number of nitrogens with one attached hydrogen (secondary N) is 2. The second kappa shape index (κ2) is 5.16. The second-order valence-electron chi connectivity index (χ2n) is 4.40. The molecule has 2 N–H and O–H groups in total. The molecule has 5 nitrogen and oxygen atoms in total. The summed E-state index contributed by atoms with van der Waals surface area (Å²) in [5.41, 5.74) is 2.14. The molecule has 0 aliphatic carbocycles. The molecule has 2 aromatic heterocycles. The molecule has 0 unspecified atom stereocenters. The van der Waals surface area contributed by atoms with Crippen LogP contribution in [0.25, 0.3) is 5.69 Å². The minimum atomic E-state index is -0.295. The van der Waals surface area contributed by atoms with E-state index in [1.807, 2.05) is 6.92 Å². The fourth-order valence-electron chi connectivity index (χ4n) is 2.02. The van der Waals surface area contributed by atoms with E-state index >= 15 is 0 Å². The highest BCUT2D eigenvalue weighted by molar-refractivity contribution is 5.49. The van der Waals surface area contributed by atoms with Crippen molar-refractivity contribution in [2.24, 2.45) is 0 Å². The molecule has 3 aromatic rings. The van der Waals surface area contributed by atoms with Gasteiger partial charge < -0.3 is 10.3 Å². The summed E-state index contributed by atoms with van der Waals surface area (Å²) in [5, 5.41) is 7.46. The number of hydrogen-bond donors (Lipinski definition) is 2. The highest BCUT2D eigenvalue weighted by Gasteiger charge is 2.11. The predicted octanol–water partition coefficient (Wildman–Crippen LogP) is 2.66. The summed E-state index contributed by atoms with van der Waals surface area (Å²) in [6, 6.07) is 6.57. The Morgan fingerprint density at radius 1 is 1.35 bits per heavy atom. The first-order chi connectivity index (χ1) is 9.75. The zero-order valence-electron chi connectivity index (χ0n) is 11.0. The number of aromatic amines is 1. The van der Waals surface area contributed by atoms with Crippen LogP contribution in [0.1, 0.15) is 11.5 Å². The fourth-order valence-corrected chi connectivity index (χ4v) is 2.02. The van der Waals surface area contributed by atoms with E-state index in [0.29, 0.717) is 12.2 Å². The van der Waals surface area contributed by atoms with E-state index < -0.39 is 0 Å². The van der Waals surface area contributed by atoms with Crippen molar-refractivity contribution >= 4 is 5.69 Å². The Labute approximate surface area is 115 Å². The molecule has 102 valence electrons. The number of rotatable bonds is 4. The SMILES string of the molecule is Cc1c(NCc2ncc[nH]2)cnn1-c1ccccc1F. The number of hydrogen-bond acceptors (Lipinski definition) is 3. The van der Waals surface area contributed by atoms with Crippen molar-refractivity contribution in [2.45, 2.75) is 13.5 Å². The molecule has 0 aliphatic rings. The van der Waals surface area contributed by atoms with Gasteiger partial charge in [0, 0.05) is 12.4 Å². The fraction of sp³-hybridized carbons (Fsp3) is 0.143. The van der Waals surface area contributed by atoms with Crippen LogP contribution in [0.2, 0.25) is 0 Å². The lowest BCUT2D eigenvalue weighted by atomic mass is 10.3. The first-order valence-electron chi connectivity index (χ1n) is 6.27. The van der Waals surface area contributed by atoms with Gasteiger partial charge in [0.15, 0.2) is 0 Å². The van der Waals surface area contributed by atoms with Crippen LogP contribution in [0.5, 0.6) is 0 Å². The van der Waals surface area contributed by atoms with Gasteiger partial charge in [-0.15, -0.1) is 0 Å². The molecule has 0 saturated heterocycles. The van der Waals surface area contributed by atoms with Crippen LogP contribution < -0.4 is 5.32 Å². The van der Waals surface area contributed by atoms with Crippen molar-refractivity contribution in [3.63, 3.8) is 0 Å². The third kappa shape index (κ3) is 2.27. The number of benzene rings is 1. The van der Waals surface area contributed by atoms with E-state index in [1.54, 1.807) is 41.5 Å². The number of halogens is 1. The van der Waals surface area contributed by atoms with Crippen LogP contribution in [0.4, 0.5) is 10.1 Å². The Hall–Kier alpha value is -2.63. The Balaban J connectivity index is 1.84. The molecule has 1 aromatic carbocycles. The predicted molar refractivity (Wildman–Crippen MR) is 74.2 cm³/mol. The lowest BCUT2D eigenvalue weighted by Gasteiger charge is -2.07. The Bertz CT molecular complexity index is 702. The average molecular weight is 271 g/mol. The van der Waals surface area contributed by atoms with Gasteiger partial charge >= 0.3 is 0 Å². The summed E-state index contributed by atoms with van der Waals surface area (Å²) in [4.78, 5) is 7.15. The van der Waals surface area contributed by atoms with Gasteiger partial charge in [0.05, 0.1) is 24.1 Å². The van der Waals surface area contributed by atoms with Gasteiger partial charge in [-0.1, -0.05) is 12.1 Å². The maximum absolute atomic E-state index is 13.8. The van der Waals surface area contributed by atoms with Gasteiger partial charge in [-0.05, 0) is 19.1 Å². The normalized spacial score (nSPS) is 10.7. The molecule has 20 heavy (non-hydrogen) atoms. The van der Waals surface area contributed by atoms with Gasteiger partial charge in [-0.2, -0.15) is 5.10 Å². The molecule has 0 radical (unpaired) electrons. The Morgan fingerprint density at radius 2 is 2.20 bits per heavy atom. The maximum Gasteiger partial charge on any atom is 0.148 e. The summed E-state index contributed by atoms with van der Waals surface area (Å²) in [6.45, 7) is 2.46. The van der Waals surface area contributed by atoms with Crippen LogP contribution in [0.3, 0.4) is 0 Å². The first kappa shape index (κ1) is 12.4. The topological polar surface area (TPSA) is 58.5 Å². The molecule has 0 aliphatic heterocycles. The number of imidazole rings is 1. The molecule has 0 amide bonds. The molecule has 0 fully saturated rings. The molecule has 3 rings (SSSR count). The summed E-state index contributed by atoms with van der Waals surface area (Å²) >= 11 is 0. The van der Waals surface area contributed by atoms with Crippen molar-refractivity contribution in [3.8, 4) is 5.69 Å². The maximum atomic E-state index is 13.8. The number of H-pyrrole nitrogens is 1. The summed E-state index contributed by atoms with van der Waals surface area (Å²) < 4.78 is 15.4. The second-order valence-corrected chi connectivity index (χ2v) is 4.40. The summed E-state index contributed by atoms with van der Waals surface area (Å²) in [6.07, 6.45) is 5.16. The van der Waals surface area contributed by atoms with E-state index in [0.717, 1.165) is 17.2 Å². The van der Waals surface area contributed by atoms with Crippen LogP contribution in [0, 0.1) is 12.7 Å². The van der Waals surface area contributed by atoms with Crippen molar-refractivity contribution < 1.29 is 4.39 Å². The van der Waals surface area contributed by atoms with Crippen LogP contribution >= 0.6 is 0 Å². The van der Waals surface area contributed by atoms with Gasteiger partial charge in [0.25, 0.3) is 0 Å². The van der Waals surface area contributed by atoms with Crippen molar-refractivity contribution in [1.29, 1.82) is 0 Å². The zero-order valence-corrected chi connectivity index (χ0v) is 11.0. The number of para-hydroxylation sites is 1. The van der Waals surface area contributed by atoms with Crippen molar-refractivity contribution in [2.75, 3.05) is 5.32 Å². The molecule has 2 heterocycles. The highest BCUT2D eigenvalue weighted by atomic mass is 19.1. The molecule has 0 atom stereocenters. The van der Waals surface area contributed by atoms with E-state index in [4.69, 9.17) is 0 Å². The van der Waals surface area contributed by atoms with Crippen molar-refractivity contribution in [1.82, 2.24) is 19.7 Å². The first-order valence-corrected chi connectivity index (χ1v) is 6.27. The van der Waals surface area contributed by atoms with Crippen molar-refractivity contribution in [3.05, 3.63) is 60.2 Å². The number of aromatic nitrogens is 4. The average Bonchev–Trinajstić information content (AvgIpc) is 3.07. The minimum Gasteiger partial charge on any atom is -0.375 e. The Kier molecular flexibility index (Phi) is 3.20. The standard InChI is InChI=1S/C14H14FN5/c1-10-12(18-9-14-16-6-7-17-14)8-19-20(10)13-5-3-2-4-11(13)15/h2-8,18H,9H2,1H3,(H,16,17).